The van der Waals surface area contributed by atoms with Gasteiger partial charge < -0.3 is 10.1 Å². The summed E-state index contributed by atoms with van der Waals surface area (Å²) in [6, 6.07) is -0.679. The molecule has 1 N–H and O–H groups in total. The molecule has 23 heavy (non-hydrogen) atoms. The molecule has 0 saturated carbocycles. The predicted octanol–water partition coefficient (Wildman–Crippen LogP) is 4.67. The van der Waals surface area contributed by atoms with E-state index in [9.17, 15) is 26.7 Å². The van der Waals surface area contributed by atoms with Gasteiger partial charge in [-0.1, -0.05) is 6.92 Å². The minimum absolute atomic E-state index is 0.319. The highest BCUT2D eigenvalue weighted by Gasteiger charge is 2.38. The van der Waals surface area contributed by atoms with Crippen LogP contribution in [0.3, 0.4) is 0 Å². The summed E-state index contributed by atoms with van der Waals surface area (Å²) in [5.74, 6) is -3.81. The van der Waals surface area contributed by atoms with Crippen molar-refractivity contribution in [1.29, 1.82) is 0 Å². The lowest BCUT2D eigenvalue weighted by Crippen LogP contribution is -2.35. The van der Waals surface area contributed by atoms with Gasteiger partial charge in [0.25, 0.3) is 0 Å². The van der Waals surface area contributed by atoms with Crippen molar-refractivity contribution >= 4 is 11.7 Å². The molecular weight excluding hydrogens is 321 g/mol. The van der Waals surface area contributed by atoms with Gasteiger partial charge in [-0.05, 0) is 39.3 Å². The summed E-state index contributed by atoms with van der Waals surface area (Å²) in [5.41, 5.74) is -2.31. The predicted molar refractivity (Wildman–Crippen MR) is 75.3 cm³/mol. The van der Waals surface area contributed by atoms with E-state index in [1.54, 1.807) is 0 Å². The molecule has 1 atom stereocenters. The Balaban J connectivity index is 3.08. The average molecular weight is 339 g/mol. The van der Waals surface area contributed by atoms with Gasteiger partial charge in [-0.25, -0.2) is 13.6 Å². The minimum atomic E-state index is -4.56. The van der Waals surface area contributed by atoms with Crippen LogP contribution in [0.5, 0.6) is 0 Å². The molecule has 1 rings (SSSR count). The molecule has 1 aromatic carbocycles. The van der Waals surface area contributed by atoms with E-state index >= 15 is 0 Å². The molecule has 0 bridgehead atoms. The van der Waals surface area contributed by atoms with E-state index in [1.165, 1.54) is 27.7 Å². The largest absolute Gasteiger partial charge is 0.456 e. The number of anilines is 1. The van der Waals surface area contributed by atoms with E-state index in [0.717, 1.165) is 0 Å². The van der Waals surface area contributed by atoms with E-state index in [1.807, 2.05) is 5.32 Å². The van der Waals surface area contributed by atoms with Crippen LogP contribution in [0, 0.1) is 11.6 Å². The van der Waals surface area contributed by atoms with Crippen molar-refractivity contribution < 1.29 is 31.5 Å². The number of alkyl halides is 3. The van der Waals surface area contributed by atoms with Gasteiger partial charge in [0.1, 0.15) is 28.8 Å². The van der Waals surface area contributed by atoms with Crippen LogP contribution in [0.15, 0.2) is 12.1 Å². The summed E-state index contributed by atoms with van der Waals surface area (Å²) >= 11 is 0. The van der Waals surface area contributed by atoms with Crippen molar-refractivity contribution in [2.75, 3.05) is 5.32 Å². The topological polar surface area (TPSA) is 38.3 Å². The van der Waals surface area contributed by atoms with Crippen LogP contribution in [0.4, 0.5) is 27.6 Å². The maximum Gasteiger partial charge on any atom is 0.408 e. The Morgan fingerprint density at radius 1 is 1.17 bits per heavy atom. The number of halogens is 5. The van der Waals surface area contributed by atoms with Crippen LogP contribution in [0.25, 0.3) is 0 Å². The monoisotopic (exact) mass is 339 g/mol. The number of rotatable bonds is 4. The molecule has 8 heteroatoms. The minimum Gasteiger partial charge on any atom is -0.456 e. The lowest BCUT2D eigenvalue weighted by molar-refractivity contribution is -0.142. The van der Waals surface area contributed by atoms with Gasteiger partial charge in [-0.15, -0.1) is 0 Å². The van der Waals surface area contributed by atoms with Crippen LogP contribution in [0.1, 0.15) is 44.5 Å². The second kappa shape index (κ2) is 6.72. The summed E-state index contributed by atoms with van der Waals surface area (Å²) in [5, 5.41) is 2.01. The summed E-state index contributed by atoms with van der Waals surface area (Å²) in [6.07, 6.45) is -4.88. The molecule has 0 aliphatic carbocycles. The van der Waals surface area contributed by atoms with E-state index in [0.29, 0.717) is 12.1 Å². The Labute approximate surface area is 130 Å². The quantitative estimate of drug-likeness (QED) is 0.640. The smallest absolute Gasteiger partial charge is 0.408 e. The number of hydrogen-bond donors (Lipinski definition) is 1. The number of benzene rings is 1. The molecule has 0 heterocycles. The third-order valence-corrected chi connectivity index (χ3v) is 2.79. The first-order valence-corrected chi connectivity index (χ1v) is 6.90. The first-order chi connectivity index (χ1) is 10.3. The summed E-state index contributed by atoms with van der Waals surface area (Å²) in [7, 11) is 0. The number of hydrogen-bond acceptors (Lipinski definition) is 3. The highest BCUT2D eigenvalue weighted by Crippen LogP contribution is 2.28. The highest BCUT2D eigenvalue weighted by molar-refractivity contribution is 5.90. The zero-order valence-electron chi connectivity index (χ0n) is 13.1. The molecule has 3 nitrogen and oxygen atoms in total. The third-order valence-electron chi connectivity index (χ3n) is 2.79. The van der Waals surface area contributed by atoms with Gasteiger partial charge >= 0.3 is 12.1 Å². The summed E-state index contributed by atoms with van der Waals surface area (Å²) in [6.45, 7) is 5.84. The molecule has 0 amide bonds. The Morgan fingerprint density at radius 3 is 2.00 bits per heavy atom. The Bertz CT molecular complexity index is 555. The van der Waals surface area contributed by atoms with Gasteiger partial charge in [-0.2, -0.15) is 13.2 Å². The van der Waals surface area contributed by atoms with Crippen LogP contribution in [-0.2, 0) is 4.74 Å². The van der Waals surface area contributed by atoms with Crippen molar-refractivity contribution in [2.24, 2.45) is 0 Å². The van der Waals surface area contributed by atoms with Crippen LogP contribution < -0.4 is 5.32 Å². The fourth-order valence-electron chi connectivity index (χ4n) is 1.80. The second-order valence-electron chi connectivity index (χ2n) is 5.96. The fourth-order valence-corrected chi connectivity index (χ4v) is 1.80. The number of esters is 1. The van der Waals surface area contributed by atoms with Gasteiger partial charge in [-0.3, -0.25) is 0 Å². The fraction of sp³-hybridized carbons (Fsp3) is 0.533. The first kappa shape index (κ1) is 19.2. The lowest BCUT2D eigenvalue weighted by Gasteiger charge is -2.22. The van der Waals surface area contributed by atoms with Crippen molar-refractivity contribution in [2.45, 2.75) is 51.9 Å². The Hall–Kier alpha value is -1.86. The van der Waals surface area contributed by atoms with Crippen molar-refractivity contribution in [1.82, 2.24) is 0 Å². The average Bonchev–Trinajstić information content (AvgIpc) is 2.31. The second-order valence-corrected chi connectivity index (χ2v) is 5.96. The van der Waals surface area contributed by atoms with Gasteiger partial charge in [0, 0.05) is 5.69 Å². The molecular formula is C15H18F5NO2. The molecule has 1 unspecified atom stereocenters. The summed E-state index contributed by atoms with van der Waals surface area (Å²) < 4.78 is 70.7. The Morgan fingerprint density at radius 2 is 1.65 bits per heavy atom. The maximum atomic E-state index is 13.9. The molecule has 0 radical (unpaired) electrons. The zero-order chi connectivity index (χ0) is 18.0. The van der Waals surface area contributed by atoms with Gasteiger partial charge in [0.2, 0.25) is 0 Å². The molecule has 130 valence electrons. The molecule has 0 aliphatic rings. The van der Waals surface area contributed by atoms with Crippen LogP contribution in [-0.4, -0.2) is 23.8 Å². The van der Waals surface area contributed by atoms with Gasteiger partial charge in [0.05, 0.1) is 0 Å². The van der Waals surface area contributed by atoms with Gasteiger partial charge in [0.15, 0.2) is 0 Å². The first-order valence-electron chi connectivity index (χ1n) is 6.90. The number of nitrogens with one attached hydrogen (secondary N) is 1. The van der Waals surface area contributed by atoms with E-state index in [-0.39, 0.29) is 6.42 Å². The molecule has 0 aliphatic heterocycles. The van der Waals surface area contributed by atoms with Crippen LogP contribution in [0.2, 0.25) is 0 Å². The normalized spacial score (nSPS) is 13.6. The zero-order valence-corrected chi connectivity index (χ0v) is 13.1. The standard InChI is InChI=1S/C15H18F5NO2/c1-5-11(15(18,19)20)21-8-6-9(16)12(10(17)7-8)13(22)23-14(2,3)4/h6-7,11,21H,5H2,1-4H3. The molecule has 0 fully saturated rings. The third kappa shape index (κ3) is 5.37. The van der Waals surface area contributed by atoms with Crippen molar-refractivity contribution in [3.05, 3.63) is 29.3 Å². The summed E-state index contributed by atoms with van der Waals surface area (Å²) in [4.78, 5) is 11.7. The van der Waals surface area contributed by atoms with E-state index in [4.69, 9.17) is 4.74 Å². The molecule has 1 aromatic rings. The lowest BCUT2D eigenvalue weighted by atomic mass is 10.1. The Kier molecular flexibility index (Phi) is 5.60. The number of carbonyl (C=O) groups is 1. The van der Waals surface area contributed by atoms with Crippen molar-refractivity contribution in [3.63, 3.8) is 0 Å². The SMILES string of the molecule is CCC(Nc1cc(F)c(C(=O)OC(C)(C)C)c(F)c1)C(F)(F)F. The molecule has 0 spiro atoms. The van der Waals surface area contributed by atoms with Crippen molar-refractivity contribution in [3.8, 4) is 0 Å². The van der Waals surface area contributed by atoms with Crippen LogP contribution >= 0.6 is 0 Å². The maximum absolute atomic E-state index is 13.9. The number of carbonyl (C=O) groups excluding carboxylic acids is 1. The molecule has 0 saturated heterocycles. The number of ether oxygens (including phenoxy) is 1. The molecule has 0 aromatic heterocycles. The highest BCUT2D eigenvalue weighted by atomic mass is 19.4. The van der Waals surface area contributed by atoms with E-state index in [2.05, 4.69) is 0 Å². The van der Waals surface area contributed by atoms with E-state index < -0.39 is 46.7 Å².